The smallest absolute Gasteiger partial charge is 0.293 e. The van der Waals surface area contributed by atoms with Gasteiger partial charge in [0.25, 0.3) is 11.6 Å². The minimum Gasteiger partial charge on any atom is -0.383 e. The zero-order chi connectivity index (χ0) is 22.7. The van der Waals surface area contributed by atoms with Gasteiger partial charge in [-0.05, 0) is 30.3 Å². The molecule has 1 aromatic heterocycles. The van der Waals surface area contributed by atoms with E-state index < -0.39 is 10.8 Å². The Balaban J connectivity index is 1.73. The Kier molecular flexibility index (Phi) is 6.85. The summed E-state index contributed by atoms with van der Waals surface area (Å²) in [5.74, 6) is -0.551. The number of nitro groups is 1. The summed E-state index contributed by atoms with van der Waals surface area (Å²) in [7, 11) is 1.60. The van der Waals surface area contributed by atoms with Crippen LogP contribution in [0.4, 0.5) is 11.4 Å². The van der Waals surface area contributed by atoms with Gasteiger partial charge < -0.3 is 18.9 Å². The van der Waals surface area contributed by atoms with Crippen molar-refractivity contribution in [1.29, 1.82) is 0 Å². The van der Waals surface area contributed by atoms with E-state index in [1.54, 1.807) is 25.3 Å². The van der Waals surface area contributed by atoms with Crippen LogP contribution >= 0.6 is 22.9 Å². The van der Waals surface area contributed by atoms with Crippen LogP contribution in [0.1, 0.15) is 10.4 Å². The van der Waals surface area contributed by atoms with Crippen LogP contribution in [0.3, 0.4) is 0 Å². The van der Waals surface area contributed by atoms with Crippen molar-refractivity contribution in [3.05, 3.63) is 61.9 Å². The predicted octanol–water partition coefficient (Wildman–Crippen LogP) is 3.49. The average molecular weight is 477 g/mol. The van der Waals surface area contributed by atoms with Gasteiger partial charge in [-0.1, -0.05) is 22.9 Å². The Morgan fingerprint density at radius 2 is 2.06 bits per heavy atom. The quantitative estimate of drug-likeness (QED) is 0.399. The fraction of sp³-hybridized carbons (Fsp3) is 0.333. The molecule has 0 aliphatic carbocycles. The van der Waals surface area contributed by atoms with E-state index in [0.29, 0.717) is 55.0 Å². The van der Waals surface area contributed by atoms with Crippen LogP contribution < -0.4 is 9.70 Å². The van der Waals surface area contributed by atoms with Gasteiger partial charge >= 0.3 is 0 Å². The van der Waals surface area contributed by atoms with Crippen molar-refractivity contribution in [2.75, 3.05) is 44.9 Å². The van der Waals surface area contributed by atoms with E-state index in [1.807, 2.05) is 21.6 Å². The van der Waals surface area contributed by atoms with E-state index in [9.17, 15) is 14.9 Å². The molecule has 9 nitrogen and oxygen atoms in total. The first-order chi connectivity index (χ1) is 15.5. The molecule has 0 saturated carbocycles. The van der Waals surface area contributed by atoms with Gasteiger partial charge in [-0.15, -0.1) is 0 Å². The molecule has 1 saturated heterocycles. The summed E-state index contributed by atoms with van der Waals surface area (Å²) in [5.41, 5.74) is 1.39. The number of nitrogens with zero attached hydrogens (tertiary/aromatic N) is 4. The molecule has 2 aromatic carbocycles. The Morgan fingerprint density at radius 3 is 2.78 bits per heavy atom. The Hall–Kier alpha value is -2.79. The standard InChI is InChI=1S/C21H21ClN4O5S/c1-30-9-8-25-17-5-3-15(22)13-19(17)32-21(25)23-20(27)14-2-4-16(18(12-14)26(28)29)24-6-10-31-11-7-24/h2-5,12-13H,6-11H2,1H3. The summed E-state index contributed by atoms with van der Waals surface area (Å²) in [6.45, 7) is 3.07. The van der Waals surface area contributed by atoms with E-state index in [2.05, 4.69) is 4.99 Å². The van der Waals surface area contributed by atoms with Crippen molar-refractivity contribution >= 4 is 50.4 Å². The summed E-state index contributed by atoms with van der Waals surface area (Å²) in [5, 5.41) is 12.3. The minimum absolute atomic E-state index is 0.122. The number of carbonyl (C=O) groups is 1. The number of hydrogen-bond acceptors (Lipinski definition) is 7. The highest BCUT2D eigenvalue weighted by Gasteiger charge is 2.23. The fourth-order valence-corrected chi connectivity index (χ4v) is 4.89. The SMILES string of the molecule is COCCn1c(=NC(=O)c2ccc(N3CCOCC3)c([N+](=O)[O-])c2)sc2cc(Cl)ccc21. The van der Waals surface area contributed by atoms with Gasteiger partial charge in [0.2, 0.25) is 0 Å². The molecule has 4 rings (SSSR count). The topological polar surface area (TPSA) is 99.2 Å². The Morgan fingerprint density at radius 1 is 1.28 bits per heavy atom. The lowest BCUT2D eigenvalue weighted by Crippen LogP contribution is -2.36. The second-order valence-corrected chi connectivity index (χ2v) is 8.56. The lowest BCUT2D eigenvalue weighted by atomic mass is 10.1. The third-order valence-corrected chi connectivity index (χ3v) is 6.41. The number of morpholine rings is 1. The number of anilines is 1. The van der Waals surface area contributed by atoms with Gasteiger partial charge in [0.15, 0.2) is 4.80 Å². The molecule has 1 amide bonds. The Labute approximate surface area is 192 Å². The van der Waals surface area contributed by atoms with Crippen LogP contribution in [0, 0.1) is 10.1 Å². The minimum atomic E-state index is -0.551. The van der Waals surface area contributed by atoms with E-state index in [4.69, 9.17) is 21.1 Å². The zero-order valence-electron chi connectivity index (χ0n) is 17.3. The van der Waals surface area contributed by atoms with Gasteiger partial charge in [0.05, 0.1) is 35.0 Å². The molecule has 1 aliphatic heterocycles. The number of fused-ring (bicyclic) bond motifs is 1. The van der Waals surface area contributed by atoms with E-state index in [0.717, 1.165) is 10.2 Å². The first kappa shape index (κ1) is 22.4. The van der Waals surface area contributed by atoms with Crippen molar-refractivity contribution in [3.63, 3.8) is 0 Å². The molecule has 0 spiro atoms. The van der Waals surface area contributed by atoms with Crippen molar-refractivity contribution in [2.24, 2.45) is 4.99 Å². The van der Waals surface area contributed by atoms with E-state index >= 15 is 0 Å². The molecule has 0 N–H and O–H groups in total. The summed E-state index contributed by atoms with van der Waals surface area (Å²) in [4.78, 5) is 30.8. The van der Waals surface area contributed by atoms with Gasteiger partial charge in [-0.25, -0.2) is 0 Å². The molecule has 2 heterocycles. The second-order valence-electron chi connectivity index (χ2n) is 7.12. The number of rotatable bonds is 6. The lowest BCUT2D eigenvalue weighted by Gasteiger charge is -2.28. The monoisotopic (exact) mass is 476 g/mol. The van der Waals surface area contributed by atoms with Crippen LogP contribution in [0.5, 0.6) is 0 Å². The van der Waals surface area contributed by atoms with Crippen molar-refractivity contribution < 1.29 is 19.2 Å². The molecule has 0 radical (unpaired) electrons. The largest absolute Gasteiger partial charge is 0.383 e. The molecule has 168 valence electrons. The molecule has 0 atom stereocenters. The van der Waals surface area contributed by atoms with Gasteiger partial charge in [-0.2, -0.15) is 4.99 Å². The van der Waals surface area contributed by atoms with E-state index in [1.165, 1.54) is 17.4 Å². The first-order valence-electron chi connectivity index (χ1n) is 9.96. The third-order valence-electron chi connectivity index (χ3n) is 5.13. The number of aromatic nitrogens is 1. The molecular weight excluding hydrogens is 456 g/mol. The molecule has 11 heteroatoms. The number of amides is 1. The Bertz CT molecular complexity index is 1230. The molecule has 3 aromatic rings. The van der Waals surface area contributed by atoms with Crippen LogP contribution in [0.15, 0.2) is 41.4 Å². The zero-order valence-corrected chi connectivity index (χ0v) is 18.9. The maximum atomic E-state index is 13.0. The molecule has 32 heavy (non-hydrogen) atoms. The number of nitro benzene ring substituents is 1. The fourth-order valence-electron chi connectivity index (χ4n) is 3.56. The highest BCUT2D eigenvalue weighted by molar-refractivity contribution is 7.16. The highest BCUT2D eigenvalue weighted by Crippen LogP contribution is 2.30. The molecule has 1 fully saturated rings. The second kappa shape index (κ2) is 9.78. The summed E-state index contributed by atoms with van der Waals surface area (Å²) >= 11 is 7.44. The van der Waals surface area contributed by atoms with Gasteiger partial charge in [0, 0.05) is 43.4 Å². The maximum absolute atomic E-state index is 13.0. The number of benzene rings is 2. The number of hydrogen-bond donors (Lipinski definition) is 0. The van der Waals surface area contributed by atoms with Crippen LogP contribution in [-0.4, -0.2) is 55.4 Å². The van der Waals surface area contributed by atoms with Crippen molar-refractivity contribution in [3.8, 4) is 0 Å². The lowest BCUT2D eigenvalue weighted by molar-refractivity contribution is -0.384. The number of methoxy groups -OCH3 is 1. The number of halogens is 1. The third kappa shape index (κ3) is 4.68. The summed E-state index contributed by atoms with van der Waals surface area (Å²) in [6, 6.07) is 9.94. The number of thiazole rings is 1. The van der Waals surface area contributed by atoms with Crippen molar-refractivity contribution in [2.45, 2.75) is 6.54 Å². The molecule has 0 bridgehead atoms. The summed E-state index contributed by atoms with van der Waals surface area (Å²) < 4.78 is 13.3. The van der Waals surface area contributed by atoms with Crippen LogP contribution in [0.2, 0.25) is 5.02 Å². The molecule has 0 unspecified atom stereocenters. The van der Waals surface area contributed by atoms with Gasteiger partial charge in [0.1, 0.15) is 5.69 Å². The first-order valence-corrected chi connectivity index (χ1v) is 11.2. The molecule has 1 aliphatic rings. The van der Waals surface area contributed by atoms with Crippen LogP contribution in [-0.2, 0) is 16.0 Å². The number of ether oxygens (including phenoxy) is 2. The average Bonchev–Trinajstić information content (AvgIpc) is 3.13. The predicted molar refractivity (Wildman–Crippen MR) is 123 cm³/mol. The molecular formula is C21H21ClN4O5S. The van der Waals surface area contributed by atoms with Crippen LogP contribution in [0.25, 0.3) is 10.2 Å². The van der Waals surface area contributed by atoms with Crippen molar-refractivity contribution in [1.82, 2.24) is 4.57 Å². The normalized spacial score (nSPS) is 14.8. The van der Waals surface area contributed by atoms with Gasteiger partial charge in [-0.3, -0.25) is 14.9 Å². The summed E-state index contributed by atoms with van der Waals surface area (Å²) in [6.07, 6.45) is 0. The highest BCUT2D eigenvalue weighted by atomic mass is 35.5. The maximum Gasteiger partial charge on any atom is 0.293 e. The number of carbonyl (C=O) groups excluding carboxylic acids is 1. The van der Waals surface area contributed by atoms with E-state index in [-0.39, 0.29) is 11.3 Å².